The van der Waals surface area contributed by atoms with Crippen LogP contribution in [0.5, 0.6) is 5.75 Å². The molecule has 4 nitrogen and oxygen atoms in total. The molecule has 0 saturated heterocycles. The van der Waals surface area contributed by atoms with E-state index in [1.54, 1.807) is 13.3 Å². The predicted molar refractivity (Wildman–Crippen MR) is 86.0 cm³/mol. The van der Waals surface area contributed by atoms with Gasteiger partial charge in [0.25, 0.3) is 0 Å². The van der Waals surface area contributed by atoms with E-state index in [1.165, 1.54) is 16.7 Å². The predicted octanol–water partition coefficient (Wildman–Crippen LogP) is 3.40. The van der Waals surface area contributed by atoms with E-state index in [9.17, 15) is 0 Å². The molecule has 114 valence electrons. The molecule has 0 bridgehead atoms. The molecule has 0 aliphatic heterocycles. The Morgan fingerprint density at radius 2 is 1.95 bits per heavy atom. The number of methoxy groups -OCH3 is 1. The molecule has 2 rings (SSSR count). The monoisotopic (exact) mass is 287 g/mol. The van der Waals surface area contributed by atoms with Gasteiger partial charge in [-0.15, -0.1) is 0 Å². The van der Waals surface area contributed by atoms with Gasteiger partial charge >= 0.3 is 0 Å². The zero-order valence-electron chi connectivity index (χ0n) is 13.8. The third kappa shape index (κ3) is 2.95. The molecule has 0 saturated carbocycles. The lowest BCUT2D eigenvalue weighted by Crippen LogP contribution is -2.24. The summed E-state index contributed by atoms with van der Waals surface area (Å²) < 4.78 is 7.56. The lowest BCUT2D eigenvalue weighted by atomic mass is 9.96. The summed E-state index contributed by atoms with van der Waals surface area (Å²) in [7, 11) is 3.67. The van der Waals surface area contributed by atoms with Gasteiger partial charge in [-0.05, 0) is 45.9 Å². The Balaban J connectivity index is 2.61. The van der Waals surface area contributed by atoms with Crippen LogP contribution in [0.25, 0.3) is 0 Å². The van der Waals surface area contributed by atoms with E-state index in [2.05, 4.69) is 56.3 Å². The fourth-order valence-corrected chi connectivity index (χ4v) is 2.71. The molecule has 1 aromatic heterocycles. The van der Waals surface area contributed by atoms with Crippen molar-refractivity contribution < 1.29 is 4.74 Å². The maximum atomic E-state index is 5.53. The van der Waals surface area contributed by atoms with Gasteiger partial charge in [-0.2, -0.15) is 5.10 Å². The maximum Gasteiger partial charge on any atom is 0.161 e. The number of hydrogen-bond donors (Lipinski definition) is 1. The molecular formula is C17H25N3O. The molecule has 0 fully saturated rings. The highest BCUT2D eigenvalue weighted by molar-refractivity contribution is 5.41. The molecule has 0 spiro atoms. The Hall–Kier alpha value is -1.81. The van der Waals surface area contributed by atoms with Crippen LogP contribution < -0.4 is 10.1 Å². The van der Waals surface area contributed by atoms with Gasteiger partial charge in [-0.1, -0.05) is 23.8 Å². The highest BCUT2D eigenvalue weighted by atomic mass is 16.5. The fourth-order valence-electron chi connectivity index (χ4n) is 2.71. The highest BCUT2D eigenvalue weighted by Gasteiger charge is 2.24. The number of aryl methyl sites for hydroxylation is 2. The van der Waals surface area contributed by atoms with E-state index in [1.807, 2.05) is 11.7 Å². The molecule has 0 aliphatic rings. The fraction of sp³-hybridized carbons (Fsp3) is 0.471. The molecule has 0 radical (unpaired) electrons. The van der Waals surface area contributed by atoms with Crippen molar-refractivity contribution in [1.29, 1.82) is 0 Å². The standard InChI is InChI=1S/C17H25N3O/c1-11(2)20-17(15(21-6)10-19-20)16(18-5)14-9-12(3)7-8-13(14)4/h7-11,16,18H,1-6H3. The summed E-state index contributed by atoms with van der Waals surface area (Å²) in [4.78, 5) is 0. The first kappa shape index (κ1) is 15.6. The molecule has 2 aromatic rings. The van der Waals surface area contributed by atoms with Crippen molar-refractivity contribution in [2.24, 2.45) is 0 Å². The lowest BCUT2D eigenvalue weighted by Gasteiger charge is -2.23. The summed E-state index contributed by atoms with van der Waals surface area (Å²) in [6.07, 6.45) is 1.80. The van der Waals surface area contributed by atoms with Crippen LogP contribution in [0.2, 0.25) is 0 Å². The topological polar surface area (TPSA) is 39.1 Å². The molecular weight excluding hydrogens is 262 g/mol. The van der Waals surface area contributed by atoms with Gasteiger partial charge in [0, 0.05) is 6.04 Å². The van der Waals surface area contributed by atoms with Crippen molar-refractivity contribution in [3.05, 3.63) is 46.8 Å². The number of hydrogen-bond acceptors (Lipinski definition) is 3. The minimum Gasteiger partial charge on any atom is -0.493 e. The van der Waals surface area contributed by atoms with E-state index >= 15 is 0 Å². The average Bonchev–Trinajstić information content (AvgIpc) is 2.87. The second kappa shape index (κ2) is 6.31. The van der Waals surface area contributed by atoms with Crippen LogP contribution in [0.3, 0.4) is 0 Å². The largest absolute Gasteiger partial charge is 0.493 e. The summed E-state index contributed by atoms with van der Waals surface area (Å²) in [5, 5.41) is 7.90. The number of nitrogens with zero attached hydrogens (tertiary/aromatic N) is 2. The Morgan fingerprint density at radius 3 is 2.52 bits per heavy atom. The Bertz CT molecular complexity index is 616. The van der Waals surface area contributed by atoms with Gasteiger partial charge in [0.15, 0.2) is 5.75 Å². The molecule has 0 aliphatic carbocycles. The molecule has 1 aromatic carbocycles. The Morgan fingerprint density at radius 1 is 1.24 bits per heavy atom. The van der Waals surface area contributed by atoms with Crippen LogP contribution >= 0.6 is 0 Å². The van der Waals surface area contributed by atoms with Crippen LogP contribution in [-0.4, -0.2) is 23.9 Å². The van der Waals surface area contributed by atoms with Crippen molar-refractivity contribution in [3.8, 4) is 5.75 Å². The number of benzene rings is 1. The quantitative estimate of drug-likeness (QED) is 0.916. The average molecular weight is 287 g/mol. The SMILES string of the molecule is CNC(c1cc(C)ccc1C)c1c(OC)cnn1C(C)C. The van der Waals surface area contributed by atoms with Gasteiger partial charge in [0.2, 0.25) is 0 Å². The number of rotatable bonds is 5. The van der Waals surface area contributed by atoms with E-state index < -0.39 is 0 Å². The molecule has 1 unspecified atom stereocenters. The van der Waals surface area contributed by atoms with Crippen LogP contribution in [0.15, 0.2) is 24.4 Å². The molecule has 1 N–H and O–H groups in total. The summed E-state index contributed by atoms with van der Waals surface area (Å²) in [5.74, 6) is 0.823. The summed E-state index contributed by atoms with van der Waals surface area (Å²) in [6, 6.07) is 6.88. The first-order chi connectivity index (χ1) is 9.99. The Kier molecular flexibility index (Phi) is 4.68. The van der Waals surface area contributed by atoms with E-state index in [0.29, 0.717) is 0 Å². The Labute approximate surface area is 127 Å². The molecule has 1 atom stereocenters. The zero-order valence-corrected chi connectivity index (χ0v) is 13.8. The summed E-state index contributed by atoms with van der Waals surface area (Å²) in [5.41, 5.74) is 4.85. The minimum absolute atomic E-state index is 0.0600. The highest BCUT2D eigenvalue weighted by Crippen LogP contribution is 2.33. The number of ether oxygens (including phenoxy) is 1. The first-order valence-electron chi connectivity index (χ1n) is 7.35. The van der Waals surface area contributed by atoms with E-state index in [0.717, 1.165) is 11.4 Å². The van der Waals surface area contributed by atoms with Crippen LogP contribution in [0, 0.1) is 13.8 Å². The third-order valence-electron chi connectivity index (χ3n) is 3.82. The van der Waals surface area contributed by atoms with E-state index in [4.69, 9.17) is 4.74 Å². The lowest BCUT2D eigenvalue weighted by molar-refractivity contribution is 0.396. The summed E-state index contributed by atoms with van der Waals surface area (Å²) >= 11 is 0. The van der Waals surface area contributed by atoms with Crippen molar-refractivity contribution in [1.82, 2.24) is 15.1 Å². The zero-order chi connectivity index (χ0) is 15.6. The number of nitrogens with one attached hydrogen (secondary N) is 1. The van der Waals surface area contributed by atoms with Gasteiger partial charge in [-0.3, -0.25) is 4.68 Å². The van der Waals surface area contributed by atoms with Gasteiger partial charge in [0.05, 0.1) is 19.3 Å². The summed E-state index contributed by atoms with van der Waals surface area (Å²) in [6.45, 7) is 8.52. The molecule has 1 heterocycles. The van der Waals surface area contributed by atoms with Crippen LogP contribution in [0.4, 0.5) is 0 Å². The van der Waals surface area contributed by atoms with Crippen molar-refractivity contribution >= 4 is 0 Å². The van der Waals surface area contributed by atoms with Crippen molar-refractivity contribution in [3.63, 3.8) is 0 Å². The van der Waals surface area contributed by atoms with Crippen molar-refractivity contribution in [2.45, 2.75) is 39.8 Å². The molecule has 4 heteroatoms. The first-order valence-corrected chi connectivity index (χ1v) is 7.35. The second-order valence-electron chi connectivity index (χ2n) is 5.72. The maximum absolute atomic E-state index is 5.53. The van der Waals surface area contributed by atoms with Gasteiger partial charge in [-0.25, -0.2) is 0 Å². The van der Waals surface area contributed by atoms with Gasteiger partial charge in [0.1, 0.15) is 5.69 Å². The van der Waals surface area contributed by atoms with Crippen LogP contribution in [-0.2, 0) is 0 Å². The second-order valence-corrected chi connectivity index (χ2v) is 5.72. The van der Waals surface area contributed by atoms with Crippen molar-refractivity contribution in [2.75, 3.05) is 14.2 Å². The number of aromatic nitrogens is 2. The van der Waals surface area contributed by atoms with Crippen LogP contribution in [0.1, 0.15) is 48.3 Å². The normalized spacial score (nSPS) is 12.7. The third-order valence-corrected chi connectivity index (χ3v) is 3.82. The molecule has 0 amide bonds. The van der Waals surface area contributed by atoms with E-state index in [-0.39, 0.29) is 12.1 Å². The molecule has 21 heavy (non-hydrogen) atoms. The minimum atomic E-state index is 0.0600. The smallest absolute Gasteiger partial charge is 0.161 e. The van der Waals surface area contributed by atoms with Gasteiger partial charge < -0.3 is 10.1 Å².